The smallest absolute Gasteiger partial charge is 0.262 e. The number of carbonyl (C=O) groups is 1. The standard InChI is InChI=1S/C31H32ClN3O4S/c1-34(29(23-9-3-2-4-10-23)21-35-17-16-26(36)20-35)31(37)19-24-18-25(32)14-15-28(24)33-40(38,39)30-13-7-11-22-8-5-6-12-27(22)30/h2-15,18,26,29,33,36H,16-17,19-21H2,1H3/t26-,29+/m0/s1. The van der Waals surface area contributed by atoms with Crippen LogP contribution in [0, 0.1) is 0 Å². The second-order valence-electron chi connectivity index (χ2n) is 10.2. The van der Waals surface area contributed by atoms with Crippen molar-refractivity contribution in [2.24, 2.45) is 0 Å². The van der Waals surface area contributed by atoms with Gasteiger partial charge in [0.25, 0.3) is 10.0 Å². The van der Waals surface area contributed by atoms with E-state index in [0.717, 1.165) is 17.5 Å². The van der Waals surface area contributed by atoms with Crippen molar-refractivity contribution in [3.63, 3.8) is 0 Å². The number of likely N-dealkylation sites (N-methyl/N-ethyl adjacent to an activating group) is 1. The minimum Gasteiger partial charge on any atom is -0.392 e. The summed E-state index contributed by atoms with van der Waals surface area (Å²) in [4.78, 5) is 17.7. The second-order valence-corrected chi connectivity index (χ2v) is 12.3. The van der Waals surface area contributed by atoms with Gasteiger partial charge in [-0.1, -0.05) is 78.3 Å². The van der Waals surface area contributed by atoms with Crippen molar-refractivity contribution in [1.29, 1.82) is 0 Å². The van der Waals surface area contributed by atoms with Crippen LogP contribution in [0.25, 0.3) is 10.8 Å². The van der Waals surface area contributed by atoms with Gasteiger partial charge in [-0.2, -0.15) is 0 Å². The second kappa shape index (κ2) is 12.0. The number of rotatable bonds is 9. The van der Waals surface area contributed by atoms with Crippen molar-refractivity contribution in [1.82, 2.24) is 9.80 Å². The lowest BCUT2D eigenvalue weighted by Gasteiger charge is -2.32. The van der Waals surface area contributed by atoms with E-state index in [9.17, 15) is 18.3 Å². The molecule has 2 atom stereocenters. The fourth-order valence-corrected chi connectivity index (χ4v) is 6.78. The molecular weight excluding hydrogens is 546 g/mol. The maximum absolute atomic E-state index is 13.7. The average molecular weight is 578 g/mol. The Kier molecular flexibility index (Phi) is 8.42. The Balaban J connectivity index is 1.40. The molecule has 4 aromatic carbocycles. The van der Waals surface area contributed by atoms with Crippen LogP contribution in [0.3, 0.4) is 0 Å². The van der Waals surface area contributed by atoms with Crippen molar-refractivity contribution in [2.45, 2.75) is 29.9 Å². The van der Waals surface area contributed by atoms with Gasteiger partial charge in [0.05, 0.1) is 29.1 Å². The maximum Gasteiger partial charge on any atom is 0.262 e. The summed E-state index contributed by atoms with van der Waals surface area (Å²) in [6.45, 7) is 1.92. The van der Waals surface area contributed by atoms with Crippen LogP contribution in [0.2, 0.25) is 5.02 Å². The van der Waals surface area contributed by atoms with E-state index in [-0.39, 0.29) is 29.4 Å². The molecule has 0 aromatic heterocycles. The molecule has 0 bridgehead atoms. The molecule has 0 aliphatic carbocycles. The van der Waals surface area contributed by atoms with E-state index < -0.39 is 10.0 Å². The number of β-amino-alcohol motifs (C(OH)–C–C–N with tert-alkyl or cyclic N) is 1. The van der Waals surface area contributed by atoms with Crippen molar-refractivity contribution < 1.29 is 18.3 Å². The minimum atomic E-state index is -3.96. The normalized spacial score (nSPS) is 16.6. The molecule has 4 aromatic rings. The third kappa shape index (κ3) is 6.31. The molecule has 2 N–H and O–H groups in total. The SMILES string of the molecule is CN(C(=O)Cc1cc(Cl)ccc1NS(=O)(=O)c1cccc2ccccc12)[C@H](CN1CC[C@H](O)C1)c1ccccc1. The van der Waals surface area contributed by atoms with Crippen LogP contribution in [-0.2, 0) is 21.2 Å². The zero-order chi connectivity index (χ0) is 28.3. The molecule has 1 aliphatic heterocycles. The molecule has 9 heteroatoms. The monoisotopic (exact) mass is 577 g/mol. The van der Waals surface area contributed by atoms with E-state index in [4.69, 9.17) is 11.6 Å². The highest BCUT2D eigenvalue weighted by Crippen LogP contribution is 2.29. The first-order valence-electron chi connectivity index (χ1n) is 13.2. The summed E-state index contributed by atoms with van der Waals surface area (Å²) in [6, 6.07) is 26.8. The Morgan fingerprint density at radius 1 is 1.05 bits per heavy atom. The average Bonchev–Trinajstić information content (AvgIpc) is 3.37. The predicted octanol–water partition coefficient (Wildman–Crippen LogP) is 5.10. The largest absolute Gasteiger partial charge is 0.392 e. The number of likely N-dealkylation sites (tertiary alicyclic amines) is 1. The number of sulfonamides is 1. The van der Waals surface area contributed by atoms with Crippen molar-refractivity contribution in [2.75, 3.05) is 31.4 Å². The molecule has 208 valence electrons. The van der Waals surface area contributed by atoms with Gasteiger partial charge in [0, 0.05) is 37.1 Å². The maximum atomic E-state index is 13.7. The molecule has 0 unspecified atom stereocenters. The van der Waals surface area contributed by atoms with Crippen molar-refractivity contribution >= 4 is 44.0 Å². The minimum absolute atomic E-state index is 0.0452. The highest BCUT2D eigenvalue weighted by Gasteiger charge is 2.29. The summed E-state index contributed by atoms with van der Waals surface area (Å²) in [5.74, 6) is -0.179. The number of anilines is 1. The molecule has 40 heavy (non-hydrogen) atoms. The zero-order valence-corrected chi connectivity index (χ0v) is 23.8. The van der Waals surface area contributed by atoms with Gasteiger partial charge >= 0.3 is 0 Å². The van der Waals surface area contributed by atoms with Crippen molar-refractivity contribution in [3.05, 3.63) is 107 Å². The summed E-state index contributed by atoms with van der Waals surface area (Å²) >= 11 is 6.30. The fraction of sp³-hybridized carbons (Fsp3) is 0.258. The molecule has 1 amide bonds. The number of aliphatic hydroxyl groups excluding tert-OH is 1. The molecule has 1 aliphatic rings. The highest BCUT2D eigenvalue weighted by atomic mass is 35.5. The Bertz CT molecular complexity index is 1610. The number of nitrogens with zero attached hydrogens (tertiary/aromatic N) is 2. The van der Waals surface area contributed by atoms with E-state index in [2.05, 4.69) is 9.62 Å². The third-order valence-electron chi connectivity index (χ3n) is 7.42. The third-order valence-corrected chi connectivity index (χ3v) is 9.08. The van der Waals surface area contributed by atoms with Crippen molar-refractivity contribution in [3.8, 4) is 0 Å². The van der Waals surface area contributed by atoms with Gasteiger partial charge in [0.2, 0.25) is 5.91 Å². The van der Waals surface area contributed by atoms with E-state index in [0.29, 0.717) is 41.2 Å². The van der Waals surface area contributed by atoms with Gasteiger partial charge < -0.3 is 10.0 Å². The van der Waals surface area contributed by atoms with E-state index in [1.54, 1.807) is 54.4 Å². The Morgan fingerprint density at radius 2 is 1.77 bits per heavy atom. The first-order valence-corrected chi connectivity index (χ1v) is 15.1. The summed E-state index contributed by atoms with van der Waals surface area (Å²) in [6.07, 6.45) is 0.305. The van der Waals surface area contributed by atoms with E-state index in [1.807, 2.05) is 48.5 Å². The van der Waals surface area contributed by atoms with Crippen LogP contribution in [0.1, 0.15) is 23.6 Å². The highest BCUT2D eigenvalue weighted by molar-refractivity contribution is 7.93. The number of halogens is 1. The molecule has 0 saturated carbocycles. The molecule has 7 nitrogen and oxygen atoms in total. The number of aliphatic hydroxyl groups is 1. The van der Waals surface area contributed by atoms with Crippen LogP contribution >= 0.6 is 11.6 Å². The van der Waals surface area contributed by atoms with Crippen LogP contribution in [0.5, 0.6) is 0 Å². The summed E-state index contributed by atoms with van der Waals surface area (Å²) in [5, 5.41) is 11.9. The molecule has 5 rings (SSSR count). The van der Waals surface area contributed by atoms with Crippen LogP contribution in [0.4, 0.5) is 5.69 Å². The lowest BCUT2D eigenvalue weighted by Crippen LogP contribution is -2.39. The fourth-order valence-electron chi connectivity index (χ4n) is 5.25. The number of amides is 1. The van der Waals surface area contributed by atoms with E-state index >= 15 is 0 Å². The predicted molar refractivity (Wildman–Crippen MR) is 159 cm³/mol. The van der Waals surface area contributed by atoms with Crippen LogP contribution in [0.15, 0.2) is 95.9 Å². The summed E-state index contributed by atoms with van der Waals surface area (Å²) < 4.78 is 29.7. The van der Waals surface area contributed by atoms with Crippen LogP contribution in [-0.4, -0.2) is 62.0 Å². The number of carbonyl (C=O) groups excluding carboxylic acids is 1. The van der Waals surface area contributed by atoms with Gasteiger partial charge in [-0.05, 0) is 47.2 Å². The summed E-state index contributed by atoms with van der Waals surface area (Å²) in [7, 11) is -2.20. The van der Waals surface area contributed by atoms with E-state index in [1.165, 1.54) is 0 Å². The van der Waals surface area contributed by atoms with Gasteiger partial charge in [-0.25, -0.2) is 8.42 Å². The number of nitrogens with one attached hydrogen (secondary N) is 1. The Labute approximate surface area is 240 Å². The Hall–Kier alpha value is -3.43. The Morgan fingerprint density at radius 3 is 2.52 bits per heavy atom. The molecular formula is C31H32ClN3O4S. The number of benzene rings is 4. The van der Waals surface area contributed by atoms with Gasteiger partial charge in [-0.15, -0.1) is 0 Å². The number of hydrogen-bond acceptors (Lipinski definition) is 5. The lowest BCUT2D eigenvalue weighted by molar-refractivity contribution is -0.131. The first-order chi connectivity index (χ1) is 19.2. The summed E-state index contributed by atoms with van der Waals surface area (Å²) in [5.41, 5.74) is 1.78. The molecule has 0 spiro atoms. The van der Waals surface area contributed by atoms with Gasteiger partial charge in [-0.3, -0.25) is 14.4 Å². The topological polar surface area (TPSA) is 90.0 Å². The zero-order valence-electron chi connectivity index (χ0n) is 22.2. The molecule has 1 saturated heterocycles. The quantitative estimate of drug-likeness (QED) is 0.289. The molecule has 1 heterocycles. The van der Waals surface area contributed by atoms with Gasteiger partial charge in [0.1, 0.15) is 0 Å². The molecule has 0 radical (unpaired) electrons. The lowest BCUT2D eigenvalue weighted by atomic mass is 10.0. The van der Waals surface area contributed by atoms with Gasteiger partial charge in [0.15, 0.2) is 0 Å². The molecule has 1 fully saturated rings. The first kappa shape index (κ1) is 28.1. The van der Waals surface area contributed by atoms with Crippen LogP contribution < -0.4 is 4.72 Å². The number of fused-ring (bicyclic) bond motifs is 1. The number of hydrogen-bond donors (Lipinski definition) is 2.